The highest BCUT2D eigenvalue weighted by Gasteiger charge is 2.13. The fourth-order valence-corrected chi connectivity index (χ4v) is 2.26. The topological polar surface area (TPSA) is 64.6 Å². The number of ketones is 1. The van der Waals surface area contributed by atoms with Gasteiger partial charge in [0.15, 0.2) is 12.4 Å². The summed E-state index contributed by atoms with van der Waals surface area (Å²) in [6.07, 6.45) is 4.65. The first-order chi connectivity index (χ1) is 9.69. The number of cyclic esters (lactones) is 1. The molecular formula is C15H19NO4. The predicted octanol–water partition coefficient (Wildman–Crippen LogP) is 1.87. The van der Waals surface area contributed by atoms with Gasteiger partial charge in [-0.25, -0.2) is 4.79 Å². The van der Waals surface area contributed by atoms with Crippen LogP contribution in [0, 0.1) is 0 Å². The Hall–Kier alpha value is -2.04. The van der Waals surface area contributed by atoms with Crippen molar-refractivity contribution in [3.63, 3.8) is 0 Å². The van der Waals surface area contributed by atoms with Crippen LogP contribution in [0.5, 0.6) is 5.75 Å². The van der Waals surface area contributed by atoms with Crippen LogP contribution >= 0.6 is 0 Å². The first kappa shape index (κ1) is 14.4. The lowest BCUT2D eigenvalue weighted by Gasteiger charge is -2.15. The van der Waals surface area contributed by atoms with E-state index >= 15 is 0 Å². The second-order valence-corrected chi connectivity index (χ2v) is 4.81. The maximum atomic E-state index is 10.3. The van der Waals surface area contributed by atoms with E-state index in [-0.39, 0.29) is 18.9 Å². The van der Waals surface area contributed by atoms with Gasteiger partial charge in [-0.2, -0.15) is 0 Å². The molecule has 0 bridgehead atoms. The van der Waals surface area contributed by atoms with Crippen molar-refractivity contribution in [3.8, 4) is 5.75 Å². The smallest absolute Gasteiger partial charge is 0.407 e. The summed E-state index contributed by atoms with van der Waals surface area (Å²) >= 11 is 0. The standard InChI is InChI=1S/C11H14O.C4H5NO3/c1-12-11-7-6-9-4-2-3-5-10(9)8-11;6-3-1-5-4(7)8-2-3/h6-8H,2-5H2,1H3;1-2H2,(H,5,7). The number of Topliss-reactive ketones (excluding diaryl/α,β-unsaturated/α-hetero) is 1. The van der Waals surface area contributed by atoms with Crippen LogP contribution < -0.4 is 10.1 Å². The van der Waals surface area contributed by atoms with Crippen molar-refractivity contribution in [1.29, 1.82) is 0 Å². The van der Waals surface area contributed by atoms with Crippen molar-refractivity contribution in [2.24, 2.45) is 0 Å². The third-order valence-corrected chi connectivity index (χ3v) is 3.35. The van der Waals surface area contributed by atoms with E-state index in [1.54, 1.807) is 7.11 Å². The number of hydrogen-bond donors (Lipinski definition) is 1. The number of hydrogen-bond acceptors (Lipinski definition) is 4. The molecule has 0 aromatic heterocycles. The van der Waals surface area contributed by atoms with Crippen LogP contribution in [-0.4, -0.2) is 32.1 Å². The molecule has 5 nitrogen and oxygen atoms in total. The van der Waals surface area contributed by atoms with Crippen LogP contribution in [0.1, 0.15) is 24.0 Å². The Bertz CT molecular complexity index is 471. The molecule has 2 aliphatic rings. The molecule has 1 saturated heterocycles. The third kappa shape index (κ3) is 3.98. The van der Waals surface area contributed by atoms with Crippen molar-refractivity contribution in [3.05, 3.63) is 29.3 Å². The molecule has 108 valence electrons. The molecule has 0 spiro atoms. The highest BCUT2D eigenvalue weighted by atomic mass is 16.6. The number of carbonyl (C=O) groups is 2. The quantitative estimate of drug-likeness (QED) is 0.851. The van der Waals surface area contributed by atoms with E-state index in [0.29, 0.717) is 0 Å². The summed E-state index contributed by atoms with van der Waals surface area (Å²) in [6.45, 7) is 0.0324. The molecule has 1 aliphatic heterocycles. The molecule has 5 heteroatoms. The summed E-state index contributed by atoms with van der Waals surface area (Å²) in [5, 5.41) is 2.22. The van der Waals surface area contributed by atoms with Crippen LogP contribution in [0.3, 0.4) is 0 Å². The molecule has 1 fully saturated rings. The molecule has 0 atom stereocenters. The van der Waals surface area contributed by atoms with Gasteiger partial charge >= 0.3 is 6.09 Å². The SMILES string of the molecule is COc1ccc2c(c1)CCCC2.O=C1CNC(=O)OC1. The van der Waals surface area contributed by atoms with Crippen LogP contribution in [-0.2, 0) is 22.4 Å². The Balaban J connectivity index is 0.000000160. The number of nitrogens with one attached hydrogen (secondary N) is 1. The van der Waals surface area contributed by atoms with E-state index in [2.05, 4.69) is 28.3 Å². The Morgan fingerprint density at radius 2 is 1.90 bits per heavy atom. The van der Waals surface area contributed by atoms with Gasteiger partial charge in [0, 0.05) is 0 Å². The molecule has 0 unspecified atom stereocenters. The summed E-state index contributed by atoms with van der Waals surface area (Å²) in [4.78, 5) is 20.4. The Labute approximate surface area is 118 Å². The van der Waals surface area contributed by atoms with E-state index < -0.39 is 6.09 Å². The van der Waals surface area contributed by atoms with Gasteiger partial charge in [0.1, 0.15) is 5.75 Å². The van der Waals surface area contributed by atoms with Gasteiger partial charge in [0.25, 0.3) is 0 Å². The minimum atomic E-state index is -0.510. The van der Waals surface area contributed by atoms with Crippen molar-refractivity contribution in [1.82, 2.24) is 5.32 Å². The molecule has 20 heavy (non-hydrogen) atoms. The van der Waals surface area contributed by atoms with Gasteiger partial charge < -0.3 is 14.8 Å². The Morgan fingerprint density at radius 1 is 1.15 bits per heavy atom. The van der Waals surface area contributed by atoms with Crippen molar-refractivity contribution in [2.45, 2.75) is 25.7 Å². The third-order valence-electron chi connectivity index (χ3n) is 3.35. The molecule has 3 rings (SSSR count). The normalized spacial score (nSPS) is 17.1. The number of ether oxygens (including phenoxy) is 2. The van der Waals surface area contributed by atoms with Crippen LogP contribution in [0.15, 0.2) is 18.2 Å². The summed E-state index contributed by atoms with van der Waals surface area (Å²) in [6, 6.07) is 6.44. The van der Waals surface area contributed by atoms with Crippen molar-refractivity contribution in [2.75, 3.05) is 20.3 Å². The Kier molecular flexibility index (Phi) is 4.98. The molecule has 1 heterocycles. The molecule has 1 aromatic carbocycles. The summed E-state index contributed by atoms with van der Waals surface area (Å²) in [5.41, 5.74) is 3.00. The fourth-order valence-electron chi connectivity index (χ4n) is 2.26. The van der Waals surface area contributed by atoms with E-state index in [0.717, 1.165) is 5.75 Å². The van der Waals surface area contributed by atoms with Crippen LogP contribution in [0.4, 0.5) is 4.79 Å². The second-order valence-electron chi connectivity index (χ2n) is 4.81. The number of carbonyl (C=O) groups excluding carboxylic acids is 2. The average Bonchev–Trinajstić information content (AvgIpc) is 2.50. The number of alkyl carbamates (subject to hydrolysis) is 1. The second kappa shape index (κ2) is 6.93. The highest BCUT2D eigenvalue weighted by Crippen LogP contribution is 2.24. The zero-order chi connectivity index (χ0) is 14.4. The molecule has 1 aromatic rings. The van der Waals surface area contributed by atoms with Crippen LogP contribution in [0.25, 0.3) is 0 Å². The summed E-state index contributed by atoms with van der Waals surface area (Å²) < 4.78 is 9.47. The van der Waals surface area contributed by atoms with E-state index in [9.17, 15) is 9.59 Å². The first-order valence-electron chi connectivity index (χ1n) is 6.77. The average molecular weight is 277 g/mol. The number of aryl methyl sites for hydroxylation is 2. The van der Waals surface area contributed by atoms with E-state index in [4.69, 9.17) is 4.74 Å². The first-order valence-corrected chi connectivity index (χ1v) is 6.77. The highest BCUT2D eigenvalue weighted by molar-refractivity contribution is 5.89. The monoisotopic (exact) mass is 277 g/mol. The number of benzene rings is 1. The van der Waals surface area contributed by atoms with Crippen molar-refractivity contribution < 1.29 is 19.1 Å². The zero-order valence-corrected chi connectivity index (χ0v) is 11.6. The summed E-state index contributed by atoms with van der Waals surface area (Å²) in [5.74, 6) is 0.903. The molecule has 1 N–H and O–H groups in total. The van der Waals surface area contributed by atoms with Gasteiger partial charge in [-0.3, -0.25) is 4.79 Å². The van der Waals surface area contributed by atoms with Gasteiger partial charge in [0.05, 0.1) is 13.7 Å². The number of amides is 1. The molecular weight excluding hydrogens is 258 g/mol. The molecule has 1 aliphatic carbocycles. The maximum Gasteiger partial charge on any atom is 0.407 e. The predicted molar refractivity (Wildman–Crippen MR) is 74.0 cm³/mol. The molecule has 0 saturated carbocycles. The minimum absolute atomic E-state index is 0.0775. The lowest BCUT2D eigenvalue weighted by Crippen LogP contribution is -2.38. The zero-order valence-electron chi connectivity index (χ0n) is 11.6. The van der Waals surface area contributed by atoms with Gasteiger partial charge in [-0.05, 0) is 48.9 Å². The van der Waals surface area contributed by atoms with E-state index in [1.807, 2.05) is 0 Å². The lowest BCUT2D eigenvalue weighted by molar-refractivity contribution is -0.122. The van der Waals surface area contributed by atoms with Gasteiger partial charge in [-0.1, -0.05) is 6.07 Å². The number of methoxy groups -OCH3 is 1. The van der Waals surface area contributed by atoms with Crippen molar-refractivity contribution >= 4 is 11.9 Å². The van der Waals surface area contributed by atoms with Gasteiger partial charge in [0.2, 0.25) is 0 Å². The molecule has 0 radical (unpaired) electrons. The number of fused-ring (bicyclic) bond motifs is 1. The van der Waals surface area contributed by atoms with Gasteiger partial charge in [-0.15, -0.1) is 0 Å². The number of rotatable bonds is 1. The molecule has 1 amide bonds. The van der Waals surface area contributed by atoms with E-state index in [1.165, 1.54) is 36.8 Å². The lowest BCUT2D eigenvalue weighted by atomic mass is 9.92. The fraction of sp³-hybridized carbons (Fsp3) is 0.467. The largest absolute Gasteiger partial charge is 0.497 e. The minimum Gasteiger partial charge on any atom is -0.497 e. The van der Waals surface area contributed by atoms with Crippen LogP contribution in [0.2, 0.25) is 0 Å². The summed E-state index contributed by atoms with van der Waals surface area (Å²) in [7, 11) is 1.73. The maximum absolute atomic E-state index is 10.3. The Morgan fingerprint density at radius 3 is 2.50 bits per heavy atom.